The van der Waals surface area contributed by atoms with Crippen LogP contribution < -0.4 is 4.90 Å². The first-order valence-electron chi connectivity index (χ1n) is 13.0. The van der Waals surface area contributed by atoms with Crippen LogP contribution in [0.5, 0.6) is 0 Å². The molecular weight excluding hydrogens is 564 g/mol. The van der Waals surface area contributed by atoms with Crippen molar-refractivity contribution < 1.29 is 17.9 Å². The van der Waals surface area contributed by atoms with Gasteiger partial charge in [0.05, 0.1) is 33.7 Å². The summed E-state index contributed by atoms with van der Waals surface area (Å²) >= 11 is 8.60. The number of piperidine rings is 1. The van der Waals surface area contributed by atoms with Crippen LogP contribution in [0.25, 0.3) is 10.2 Å². The SMILES string of the molecule is Cc1cc(C)c2sc(N(CCCN3CCOCC3)C(=O)C3CCCN(S(=O)(=O)c4ccc(Cl)s4)C3)nc2c1. The normalized spacial score (nSPS) is 19.7. The molecule has 206 valence electrons. The molecule has 2 aliphatic rings. The van der Waals surface area contributed by atoms with Crippen molar-refractivity contribution in [2.75, 3.05) is 57.4 Å². The van der Waals surface area contributed by atoms with Gasteiger partial charge in [-0.15, -0.1) is 11.3 Å². The maximum atomic E-state index is 14.0. The molecule has 12 heteroatoms. The lowest BCUT2D eigenvalue weighted by atomic mass is 9.98. The summed E-state index contributed by atoms with van der Waals surface area (Å²) in [6.45, 7) is 9.38. The fourth-order valence-electron chi connectivity index (χ4n) is 5.20. The van der Waals surface area contributed by atoms with Gasteiger partial charge in [-0.2, -0.15) is 4.31 Å². The number of amides is 1. The first-order valence-corrected chi connectivity index (χ1v) is 16.4. The molecule has 8 nitrogen and oxygen atoms in total. The summed E-state index contributed by atoms with van der Waals surface area (Å²) < 4.78 is 35.2. The second kappa shape index (κ2) is 11.9. The highest BCUT2D eigenvalue weighted by molar-refractivity contribution is 7.91. The van der Waals surface area contributed by atoms with Crippen LogP contribution in [0.15, 0.2) is 28.5 Å². The van der Waals surface area contributed by atoms with E-state index in [9.17, 15) is 13.2 Å². The number of fused-ring (bicyclic) bond motifs is 1. The predicted molar refractivity (Wildman–Crippen MR) is 154 cm³/mol. The number of carbonyl (C=O) groups is 1. The molecular formula is C26H33ClN4O4S3. The van der Waals surface area contributed by atoms with E-state index in [-0.39, 0.29) is 16.7 Å². The molecule has 0 saturated carbocycles. The average Bonchev–Trinajstić information content (AvgIpc) is 3.54. The molecule has 38 heavy (non-hydrogen) atoms. The van der Waals surface area contributed by atoms with E-state index in [2.05, 4.69) is 30.9 Å². The number of halogens is 1. The molecule has 1 atom stereocenters. The summed E-state index contributed by atoms with van der Waals surface area (Å²) in [5.74, 6) is -0.475. The molecule has 2 aliphatic heterocycles. The molecule has 2 fully saturated rings. The number of thiazole rings is 1. The molecule has 2 saturated heterocycles. The highest BCUT2D eigenvalue weighted by Crippen LogP contribution is 2.35. The van der Waals surface area contributed by atoms with Gasteiger partial charge in [0.15, 0.2) is 5.13 Å². The zero-order chi connectivity index (χ0) is 26.9. The summed E-state index contributed by atoms with van der Waals surface area (Å²) in [5, 5.41) is 0.686. The number of aryl methyl sites for hydroxylation is 2. The number of carbonyl (C=O) groups excluding carboxylic acids is 1. The third-order valence-electron chi connectivity index (χ3n) is 7.14. The topological polar surface area (TPSA) is 83.0 Å². The number of ether oxygens (including phenoxy) is 1. The van der Waals surface area contributed by atoms with Gasteiger partial charge in [0.25, 0.3) is 10.0 Å². The summed E-state index contributed by atoms with van der Waals surface area (Å²) in [6, 6.07) is 7.32. The Morgan fingerprint density at radius 1 is 1.18 bits per heavy atom. The Hall–Kier alpha value is -1.60. The minimum Gasteiger partial charge on any atom is -0.379 e. The Morgan fingerprint density at radius 2 is 1.97 bits per heavy atom. The van der Waals surface area contributed by atoms with E-state index < -0.39 is 15.9 Å². The van der Waals surface area contributed by atoms with Gasteiger partial charge in [-0.25, -0.2) is 13.4 Å². The zero-order valence-corrected chi connectivity index (χ0v) is 24.9. The molecule has 5 rings (SSSR count). The molecule has 4 heterocycles. The minimum absolute atomic E-state index is 0.0514. The molecule has 1 unspecified atom stereocenters. The van der Waals surface area contributed by atoms with Gasteiger partial charge in [-0.3, -0.25) is 14.6 Å². The largest absolute Gasteiger partial charge is 0.379 e. The number of morpholine rings is 1. The van der Waals surface area contributed by atoms with E-state index in [1.165, 1.54) is 10.4 Å². The average molecular weight is 597 g/mol. The van der Waals surface area contributed by atoms with E-state index in [0.29, 0.717) is 35.4 Å². The van der Waals surface area contributed by atoms with Crippen molar-refractivity contribution in [1.82, 2.24) is 14.2 Å². The number of hydrogen-bond acceptors (Lipinski definition) is 8. The summed E-state index contributed by atoms with van der Waals surface area (Å²) in [5.41, 5.74) is 3.18. The molecule has 0 N–H and O–H groups in total. The van der Waals surface area contributed by atoms with Crippen molar-refractivity contribution in [3.05, 3.63) is 39.7 Å². The lowest BCUT2D eigenvalue weighted by Gasteiger charge is -2.34. The lowest BCUT2D eigenvalue weighted by molar-refractivity contribution is -0.123. The van der Waals surface area contributed by atoms with E-state index in [4.69, 9.17) is 21.3 Å². The van der Waals surface area contributed by atoms with Gasteiger partial charge in [-0.05, 0) is 62.4 Å². The molecule has 0 spiro atoms. The molecule has 1 aromatic carbocycles. The first-order chi connectivity index (χ1) is 18.2. The van der Waals surface area contributed by atoms with Gasteiger partial charge in [-0.1, -0.05) is 29.0 Å². The summed E-state index contributed by atoms with van der Waals surface area (Å²) in [7, 11) is -3.70. The Bertz CT molecular complexity index is 1400. The van der Waals surface area contributed by atoms with Gasteiger partial charge >= 0.3 is 0 Å². The number of anilines is 1. The maximum absolute atomic E-state index is 14.0. The number of aromatic nitrogens is 1. The van der Waals surface area contributed by atoms with E-state index in [0.717, 1.165) is 71.9 Å². The third-order valence-corrected chi connectivity index (χ3v) is 11.9. The fourth-order valence-corrected chi connectivity index (χ4v) is 9.41. The Labute approximate surface area is 237 Å². The quantitative estimate of drug-likeness (QED) is 0.372. The highest BCUT2D eigenvalue weighted by Gasteiger charge is 2.36. The summed E-state index contributed by atoms with van der Waals surface area (Å²) in [4.78, 5) is 23.1. The molecule has 0 bridgehead atoms. The molecule has 2 aromatic heterocycles. The van der Waals surface area contributed by atoms with Crippen molar-refractivity contribution in [2.24, 2.45) is 5.92 Å². The van der Waals surface area contributed by atoms with Gasteiger partial charge in [0.2, 0.25) is 5.91 Å². The van der Waals surface area contributed by atoms with Crippen LogP contribution in [-0.4, -0.2) is 81.0 Å². The third kappa shape index (κ3) is 6.09. The Kier molecular flexibility index (Phi) is 8.73. The number of sulfonamides is 1. The van der Waals surface area contributed by atoms with E-state index in [1.807, 2.05) is 4.90 Å². The number of hydrogen-bond donors (Lipinski definition) is 0. The number of rotatable bonds is 8. The molecule has 0 aliphatic carbocycles. The van der Waals surface area contributed by atoms with Crippen LogP contribution in [0, 0.1) is 19.8 Å². The fraction of sp³-hybridized carbons (Fsp3) is 0.538. The Balaban J connectivity index is 1.38. The second-order valence-electron chi connectivity index (χ2n) is 9.98. The van der Waals surface area contributed by atoms with Crippen LogP contribution in [0.4, 0.5) is 5.13 Å². The second-order valence-corrected chi connectivity index (χ2v) is 14.8. The van der Waals surface area contributed by atoms with Crippen LogP contribution in [0.1, 0.15) is 30.4 Å². The number of thiophene rings is 1. The van der Waals surface area contributed by atoms with Crippen molar-refractivity contribution in [3.63, 3.8) is 0 Å². The minimum atomic E-state index is -3.70. The standard InChI is InChI=1S/C26H33ClN4O4S3/c1-18-15-19(2)24-21(16-18)28-26(37-24)31(10-4-8-29-11-13-35-14-12-29)25(32)20-5-3-9-30(17-20)38(33,34)23-7-6-22(27)36-23/h6-7,15-16,20H,3-5,8-14,17H2,1-2H3. The van der Waals surface area contributed by atoms with Crippen molar-refractivity contribution in [3.8, 4) is 0 Å². The van der Waals surface area contributed by atoms with Crippen molar-refractivity contribution in [1.29, 1.82) is 0 Å². The Morgan fingerprint density at radius 3 is 2.71 bits per heavy atom. The van der Waals surface area contributed by atoms with Crippen LogP contribution in [0.3, 0.4) is 0 Å². The van der Waals surface area contributed by atoms with Crippen LogP contribution in [0.2, 0.25) is 4.34 Å². The van der Waals surface area contributed by atoms with E-state index in [1.54, 1.807) is 17.4 Å². The first kappa shape index (κ1) is 27.9. The van der Waals surface area contributed by atoms with Crippen LogP contribution in [-0.2, 0) is 19.6 Å². The number of nitrogens with zero attached hydrogens (tertiary/aromatic N) is 4. The van der Waals surface area contributed by atoms with Crippen molar-refractivity contribution in [2.45, 2.75) is 37.3 Å². The molecule has 3 aromatic rings. The lowest BCUT2D eigenvalue weighted by Crippen LogP contribution is -2.47. The monoisotopic (exact) mass is 596 g/mol. The number of benzene rings is 1. The maximum Gasteiger partial charge on any atom is 0.252 e. The van der Waals surface area contributed by atoms with Gasteiger partial charge in [0, 0.05) is 39.3 Å². The van der Waals surface area contributed by atoms with Crippen LogP contribution >= 0.6 is 34.3 Å². The predicted octanol–water partition coefficient (Wildman–Crippen LogP) is 4.78. The van der Waals surface area contributed by atoms with Gasteiger partial charge < -0.3 is 4.74 Å². The zero-order valence-electron chi connectivity index (χ0n) is 21.7. The smallest absolute Gasteiger partial charge is 0.252 e. The molecule has 0 radical (unpaired) electrons. The van der Waals surface area contributed by atoms with E-state index >= 15 is 0 Å². The highest BCUT2D eigenvalue weighted by atomic mass is 35.5. The van der Waals surface area contributed by atoms with Crippen molar-refractivity contribution >= 4 is 65.6 Å². The molecule has 1 amide bonds. The van der Waals surface area contributed by atoms with Gasteiger partial charge in [0.1, 0.15) is 4.21 Å². The summed E-state index contributed by atoms with van der Waals surface area (Å²) in [6.07, 6.45) is 2.09.